The van der Waals surface area contributed by atoms with Gasteiger partial charge < -0.3 is 10.6 Å². The molecule has 7 heteroatoms. The molecule has 0 radical (unpaired) electrons. The summed E-state index contributed by atoms with van der Waals surface area (Å²) in [7, 11) is 0. The maximum Gasteiger partial charge on any atom is 0.270 e. The van der Waals surface area contributed by atoms with Gasteiger partial charge in [-0.3, -0.25) is 14.9 Å². The van der Waals surface area contributed by atoms with E-state index in [9.17, 15) is 14.9 Å². The van der Waals surface area contributed by atoms with Crippen molar-refractivity contribution in [2.24, 2.45) is 5.92 Å². The van der Waals surface area contributed by atoms with Gasteiger partial charge in [0.1, 0.15) is 0 Å². The van der Waals surface area contributed by atoms with Crippen molar-refractivity contribution >= 4 is 33.2 Å². The van der Waals surface area contributed by atoms with Gasteiger partial charge in [0.25, 0.3) is 5.69 Å². The highest BCUT2D eigenvalue weighted by Gasteiger charge is 2.42. The molecule has 1 aromatic carbocycles. The number of non-ortho nitro benzene ring substituents is 1. The number of nitrogens with one attached hydrogen (secondary N) is 2. The van der Waals surface area contributed by atoms with Crippen molar-refractivity contribution in [3.8, 4) is 0 Å². The summed E-state index contributed by atoms with van der Waals surface area (Å²) in [6, 6.07) is 5.09. The summed E-state index contributed by atoms with van der Waals surface area (Å²) in [4.78, 5) is 22.5. The zero-order valence-electron chi connectivity index (χ0n) is 10.6. The monoisotopic (exact) mass is 339 g/mol. The van der Waals surface area contributed by atoms with Crippen LogP contribution in [-0.4, -0.2) is 22.9 Å². The minimum atomic E-state index is -0.462. The number of carbonyl (C=O) groups is 1. The zero-order valence-corrected chi connectivity index (χ0v) is 12.2. The van der Waals surface area contributed by atoms with Crippen LogP contribution < -0.4 is 10.6 Å². The number of hydrogen-bond donors (Lipinski definition) is 2. The first-order valence-electron chi connectivity index (χ1n) is 6.55. The molecule has 3 unspecified atom stereocenters. The van der Waals surface area contributed by atoms with Crippen molar-refractivity contribution in [3.63, 3.8) is 0 Å². The van der Waals surface area contributed by atoms with Crippen LogP contribution in [0.15, 0.2) is 22.7 Å². The second-order valence-electron chi connectivity index (χ2n) is 5.30. The highest BCUT2D eigenvalue weighted by atomic mass is 79.9. The minimum absolute atomic E-state index is 0.00327. The Morgan fingerprint density at radius 2 is 2.25 bits per heavy atom. The lowest BCUT2D eigenvalue weighted by molar-refractivity contribution is -0.384. The number of nitro benzene ring substituents is 1. The van der Waals surface area contributed by atoms with Gasteiger partial charge in [-0.25, -0.2) is 0 Å². The topological polar surface area (TPSA) is 84.3 Å². The van der Waals surface area contributed by atoms with Crippen molar-refractivity contribution in [1.82, 2.24) is 5.32 Å². The summed E-state index contributed by atoms with van der Waals surface area (Å²) < 4.78 is 0.524. The Balaban J connectivity index is 1.71. The molecule has 6 nitrogen and oxygen atoms in total. The number of fused-ring (bicyclic) bond motifs is 2. The van der Waals surface area contributed by atoms with Crippen LogP contribution in [0.2, 0.25) is 0 Å². The Morgan fingerprint density at radius 1 is 1.45 bits per heavy atom. The van der Waals surface area contributed by atoms with Crippen molar-refractivity contribution in [2.45, 2.75) is 31.3 Å². The number of anilines is 1. The Hall–Kier alpha value is -1.47. The fourth-order valence-electron chi connectivity index (χ4n) is 3.06. The molecular formula is C13H14BrN3O3. The molecule has 0 aromatic heterocycles. The summed E-state index contributed by atoms with van der Waals surface area (Å²) in [6.45, 7) is 0. The molecule has 20 heavy (non-hydrogen) atoms. The number of carbonyl (C=O) groups excluding carboxylic acids is 1. The largest absolute Gasteiger partial charge is 0.325 e. The van der Waals surface area contributed by atoms with E-state index in [-0.39, 0.29) is 23.6 Å². The second-order valence-corrected chi connectivity index (χ2v) is 6.15. The molecule has 1 aromatic rings. The Bertz CT molecular complexity index is 578. The SMILES string of the molecule is O=C(Nc1ccc([N+](=O)[O-])cc1Br)C1CC2CCC1N2. The maximum absolute atomic E-state index is 12.3. The normalized spacial score (nSPS) is 27.6. The molecule has 0 saturated carbocycles. The van der Waals surface area contributed by atoms with Crippen molar-refractivity contribution in [1.29, 1.82) is 0 Å². The van der Waals surface area contributed by atoms with Crippen LogP contribution >= 0.6 is 15.9 Å². The molecule has 2 heterocycles. The van der Waals surface area contributed by atoms with Crippen LogP contribution in [0.5, 0.6) is 0 Å². The van der Waals surface area contributed by atoms with E-state index in [4.69, 9.17) is 0 Å². The van der Waals surface area contributed by atoms with Gasteiger partial charge in [-0.15, -0.1) is 0 Å². The van der Waals surface area contributed by atoms with Crippen LogP contribution in [-0.2, 0) is 4.79 Å². The predicted octanol–water partition coefficient (Wildman–Crippen LogP) is 2.44. The van der Waals surface area contributed by atoms with E-state index in [1.165, 1.54) is 12.1 Å². The van der Waals surface area contributed by atoms with E-state index >= 15 is 0 Å². The van der Waals surface area contributed by atoms with E-state index in [2.05, 4.69) is 26.6 Å². The number of rotatable bonds is 3. The highest BCUT2D eigenvalue weighted by molar-refractivity contribution is 9.10. The lowest BCUT2D eigenvalue weighted by Crippen LogP contribution is -2.32. The van der Waals surface area contributed by atoms with E-state index in [0.717, 1.165) is 19.3 Å². The molecule has 106 valence electrons. The summed E-state index contributed by atoms with van der Waals surface area (Å²) in [5.74, 6) is -0.0184. The van der Waals surface area contributed by atoms with Crippen molar-refractivity contribution in [3.05, 3.63) is 32.8 Å². The third-order valence-electron chi connectivity index (χ3n) is 4.06. The number of amides is 1. The molecule has 2 aliphatic heterocycles. The van der Waals surface area contributed by atoms with Crippen molar-refractivity contribution < 1.29 is 9.72 Å². The van der Waals surface area contributed by atoms with Crippen LogP contribution in [0.4, 0.5) is 11.4 Å². The number of benzene rings is 1. The van der Waals surface area contributed by atoms with Gasteiger partial charge in [0.15, 0.2) is 0 Å². The average Bonchev–Trinajstić information content (AvgIpc) is 3.03. The van der Waals surface area contributed by atoms with Gasteiger partial charge in [-0.05, 0) is 41.3 Å². The molecule has 3 rings (SSSR count). The van der Waals surface area contributed by atoms with E-state index < -0.39 is 4.92 Å². The van der Waals surface area contributed by atoms with Gasteiger partial charge >= 0.3 is 0 Å². The standard InChI is InChI=1S/C13H14BrN3O3/c14-10-6-8(17(19)20)2-4-12(10)16-13(18)9-5-7-1-3-11(9)15-7/h2,4,6-7,9,11,15H,1,3,5H2,(H,16,18). The van der Waals surface area contributed by atoms with Crippen molar-refractivity contribution in [2.75, 3.05) is 5.32 Å². The Labute approximate surface area is 124 Å². The average molecular weight is 340 g/mol. The summed E-state index contributed by atoms with van der Waals surface area (Å²) >= 11 is 3.26. The first-order valence-corrected chi connectivity index (χ1v) is 7.35. The lowest BCUT2D eigenvalue weighted by atomic mass is 9.88. The molecule has 3 atom stereocenters. The molecule has 2 N–H and O–H groups in total. The number of nitrogens with zero attached hydrogens (tertiary/aromatic N) is 1. The Morgan fingerprint density at radius 3 is 2.80 bits per heavy atom. The summed E-state index contributed by atoms with van der Waals surface area (Å²) in [5, 5.41) is 16.9. The molecule has 2 saturated heterocycles. The zero-order chi connectivity index (χ0) is 14.3. The van der Waals surface area contributed by atoms with Crippen LogP contribution in [0.25, 0.3) is 0 Å². The van der Waals surface area contributed by atoms with E-state index in [1.807, 2.05) is 0 Å². The van der Waals surface area contributed by atoms with Crippen LogP contribution in [0, 0.1) is 16.0 Å². The molecule has 1 amide bonds. The van der Waals surface area contributed by atoms with Gasteiger partial charge in [0.05, 0.1) is 16.5 Å². The molecule has 2 aliphatic rings. The fraction of sp³-hybridized carbons (Fsp3) is 0.462. The van der Waals surface area contributed by atoms with Gasteiger partial charge in [0.2, 0.25) is 5.91 Å². The predicted molar refractivity (Wildman–Crippen MR) is 77.5 cm³/mol. The van der Waals surface area contributed by atoms with Crippen LogP contribution in [0.1, 0.15) is 19.3 Å². The third-order valence-corrected chi connectivity index (χ3v) is 4.71. The number of hydrogen-bond acceptors (Lipinski definition) is 4. The van der Waals surface area contributed by atoms with E-state index in [1.54, 1.807) is 6.07 Å². The second kappa shape index (κ2) is 5.14. The molecular weight excluding hydrogens is 326 g/mol. The van der Waals surface area contributed by atoms with Gasteiger partial charge in [0, 0.05) is 28.7 Å². The summed E-state index contributed by atoms with van der Waals surface area (Å²) in [6.07, 6.45) is 3.07. The van der Waals surface area contributed by atoms with E-state index in [0.29, 0.717) is 16.2 Å². The lowest BCUT2D eigenvalue weighted by Gasteiger charge is -2.19. The quantitative estimate of drug-likeness (QED) is 0.654. The Kier molecular flexibility index (Phi) is 3.47. The molecule has 2 fully saturated rings. The fourth-order valence-corrected chi connectivity index (χ4v) is 3.52. The third kappa shape index (κ3) is 2.43. The maximum atomic E-state index is 12.3. The minimum Gasteiger partial charge on any atom is -0.325 e. The molecule has 0 aliphatic carbocycles. The number of nitro groups is 1. The molecule has 2 bridgehead atoms. The molecule has 0 spiro atoms. The first kappa shape index (κ1) is 13.5. The smallest absolute Gasteiger partial charge is 0.270 e. The highest BCUT2D eigenvalue weighted by Crippen LogP contribution is 2.35. The summed E-state index contributed by atoms with van der Waals surface area (Å²) in [5.41, 5.74) is 0.569. The van der Waals surface area contributed by atoms with Gasteiger partial charge in [-0.1, -0.05) is 0 Å². The van der Waals surface area contributed by atoms with Gasteiger partial charge in [-0.2, -0.15) is 0 Å². The first-order chi connectivity index (χ1) is 9.54. The number of halogens is 1. The van der Waals surface area contributed by atoms with Crippen LogP contribution in [0.3, 0.4) is 0 Å².